The van der Waals surface area contributed by atoms with Gasteiger partial charge in [-0.25, -0.2) is 0 Å². The number of nitrogens with zero attached hydrogens (tertiary/aromatic N) is 4. The Morgan fingerprint density at radius 1 is 1.15 bits per heavy atom. The molecular weight excluding hydrogens is 374 g/mol. The van der Waals surface area contributed by atoms with Crippen LogP contribution < -0.4 is 10.1 Å². The molecule has 0 spiro atoms. The number of hydrogen-bond donors (Lipinski definition) is 1. The number of anilines is 1. The summed E-state index contributed by atoms with van der Waals surface area (Å²) in [6.45, 7) is -0.0833. The van der Waals surface area contributed by atoms with Crippen LogP contribution in [0.5, 0.6) is 5.75 Å². The maximum atomic E-state index is 12.0. The molecule has 0 aliphatic rings. The Bertz CT molecular complexity index is 1010. The number of benzene rings is 2. The third-order valence-electron chi connectivity index (χ3n) is 3.49. The lowest BCUT2D eigenvalue weighted by Gasteiger charge is -2.08. The molecule has 0 saturated heterocycles. The van der Waals surface area contributed by atoms with Crippen LogP contribution in [0.15, 0.2) is 54.9 Å². The van der Waals surface area contributed by atoms with E-state index in [0.29, 0.717) is 16.5 Å². The van der Waals surface area contributed by atoms with E-state index >= 15 is 0 Å². The number of fused-ring (bicyclic) bond motifs is 1. The van der Waals surface area contributed by atoms with Crippen molar-refractivity contribution in [2.75, 3.05) is 11.9 Å². The average molecular weight is 386 g/mol. The highest BCUT2D eigenvalue weighted by atomic mass is 35.5. The SMILES string of the molecule is O=C(COc1ccc(Cl)cc1)Nc1ccc(-c2nn3cnnc3s2)cc1. The van der Waals surface area contributed by atoms with Crippen molar-refractivity contribution in [3.8, 4) is 16.3 Å². The summed E-state index contributed by atoms with van der Waals surface area (Å²) in [5.41, 5.74) is 1.62. The molecule has 4 aromatic rings. The lowest BCUT2D eigenvalue weighted by Crippen LogP contribution is -2.20. The number of rotatable bonds is 5. The Kier molecular flexibility index (Phi) is 4.51. The van der Waals surface area contributed by atoms with E-state index in [2.05, 4.69) is 20.6 Å². The van der Waals surface area contributed by atoms with Crippen molar-refractivity contribution >= 4 is 39.5 Å². The van der Waals surface area contributed by atoms with E-state index in [9.17, 15) is 4.79 Å². The summed E-state index contributed by atoms with van der Waals surface area (Å²) in [6.07, 6.45) is 1.56. The maximum Gasteiger partial charge on any atom is 0.262 e. The molecule has 0 saturated carbocycles. The van der Waals surface area contributed by atoms with E-state index in [1.54, 1.807) is 35.1 Å². The Morgan fingerprint density at radius 3 is 2.65 bits per heavy atom. The molecule has 0 aliphatic carbocycles. The zero-order valence-electron chi connectivity index (χ0n) is 13.3. The Balaban J connectivity index is 1.36. The third-order valence-corrected chi connectivity index (χ3v) is 4.70. The first-order valence-electron chi connectivity index (χ1n) is 7.63. The zero-order valence-corrected chi connectivity index (χ0v) is 14.9. The predicted molar refractivity (Wildman–Crippen MR) is 99.7 cm³/mol. The fraction of sp³-hybridized carbons (Fsp3) is 0.0588. The van der Waals surface area contributed by atoms with Gasteiger partial charge in [-0.1, -0.05) is 22.9 Å². The average Bonchev–Trinajstić information content (AvgIpc) is 3.24. The number of nitrogens with one attached hydrogen (secondary N) is 1. The Morgan fingerprint density at radius 2 is 1.92 bits per heavy atom. The standard InChI is InChI=1S/C17H12ClN5O2S/c18-12-3-7-14(8-4-12)25-9-15(24)20-13-5-1-11(2-6-13)16-22-23-10-19-21-17(23)26-16/h1-8,10H,9H2,(H,20,24). The van der Waals surface area contributed by atoms with Crippen LogP contribution in [0, 0.1) is 0 Å². The lowest BCUT2D eigenvalue weighted by atomic mass is 10.2. The highest BCUT2D eigenvalue weighted by Crippen LogP contribution is 2.25. The van der Waals surface area contributed by atoms with Gasteiger partial charge in [0, 0.05) is 16.3 Å². The molecular formula is C17H12ClN5O2S. The van der Waals surface area contributed by atoms with Gasteiger partial charge in [0.15, 0.2) is 6.61 Å². The first-order valence-corrected chi connectivity index (χ1v) is 8.82. The molecule has 1 amide bonds. The van der Waals surface area contributed by atoms with Gasteiger partial charge in [0.25, 0.3) is 5.91 Å². The number of hydrogen-bond acceptors (Lipinski definition) is 6. The van der Waals surface area contributed by atoms with E-state index < -0.39 is 0 Å². The van der Waals surface area contributed by atoms with Crippen LogP contribution >= 0.6 is 22.9 Å². The van der Waals surface area contributed by atoms with Gasteiger partial charge in [-0.05, 0) is 48.5 Å². The van der Waals surface area contributed by atoms with Gasteiger partial charge >= 0.3 is 0 Å². The Labute approximate surface area is 157 Å². The molecule has 4 rings (SSSR count). The second-order valence-electron chi connectivity index (χ2n) is 5.33. The molecule has 9 heteroatoms. The van der Waals surface area contributed by atoms with Crippen LogP contribution in [-0.4, -0.2) is 32.3 Å². The van der Waals surface area contributed by atoms with Gasteiger partial charge in [0.2, 0.25) is 4.96 Å². The zero-order chi connectivity index (χ0) is 17.9. The van der Waals surface area contributed by atoms with Crippen molar-refractivity contribution in [3.05, 3.63) is 59.9 Å². The highest BCUT2D eigenvalue weighted by Gasteiger charge is 2.09. The number of amides is 1. The molecule has 0 bridgehead atoms. The molecule has 0 aliphatic heterocycles. The molecule has 0 radical (unpaired) electrons. The summed E-state index contributed by atoms with van der Waals surface area (Å²) < 4.78 is 7.05. The summed E-state index contributed by atoms with van der Waals surface area (Å²) in [6, 6.07) is 14.3. The van der Waals surface area contributed by atoms with Gasteiger partial charge in [-0.15, -0.1) is 10.2 Å². The predicted octanol–water partition coefficient (Wildman–Crippen LogP) is 3.52. The number of ether oxygens (including phenoxy) is 1. The van der Waals surface area contributed by atoms with E-state index in [1.165, 1.54) is 11.3 Å². The van der Waals surface area contributed by atoms with Crippen molar-refractivity contribution in [1.29, 1.82) is 0 Å². The van der Waals surface area contributed by atoms with Crippen molar-refractivity contribution in [2.45, 2.75) is 0 Å². The van der Waals surface area contributed by atoms with E-state index in [1.807, 2.05) is 24.3 Å². The minimum atomic E-state index is -0.244. The third kappa shape index (κ3) is 3.66. The van der Waals surface area contributed by atoms with Crippen molar-refractivity contribution < 1.29 is 9.53 Å². The van der Waals surface area contributed by atoms with Crippen molar-refractivity contribution in [1.82, 2.24) is 19.8 Å². The largest absolute Gasteiger partial charge is 0.484 e. The summed E-state index contributed by atoms with van der Waals surface area (Å²) in [7, 11) is 0. The van der Waals surface area contributed by atoms with Gasteiger partial charge in [0.1, 0.15) is 17.1 Å². The number of aromatic nitrogens is 4. The van der Waals surface area contributed by atoms with Crippen LogP contribution in [0.1, 0.15) is 0 Å². The summed E-state index contributed by atoms with van der Waals surface area (Å²) in [4.78, 5) is 12.7. The number of halogens is 1. The second kappa shape index (κ2) is 7.11. The molecule has 2 aromatic heterocycles. The van der Waals surface area contributed by atoms with Crippen LogP contribution in [0.4, 0.5) is 5.69 Å². The van der Waals surface area contributed by atoms with Crippen molar-refractivity contribution in [2.24, 2.45) is 0 Å². The topological polar surface area (TPSA) is 81.4 Å². The molecule has 0 atom stereocenters. The van der Waals surface area contributed by atoms with Gasteiger partial charge in [0.05, 0.1) is 0 Å². The quantitative estimate of drug-likeness (QED) is 0.568. The first-order chi connectivity index (χ1) is 12.7. The van der Waals surface area contributed by atoms with E-state index in [4.69, 9.17) is 16.3 Å². The highest BCUT2D eigenvalue weighted by molar-refractivity contribution is 7.19. The smallest absolute Gasteiger partial charge is 0.262 e. The first kappa shape index (κ1) is 16.5. The van der Waals surface area contributed by atoms with Crippen LogP contribution in [0.3, 0.4) is 0 Å². The molecule has 130 valence electrons. The molecule has 26 heavy (non-hydrogen) atoms. The van der Waals surface area contributed by atoms with E-state index in [0.717, 1.165) is 15.5 Å². The normalized spacial score (nSPS) is 10.8. The van der Waals surface area contributed by atoms with Gasteiger partial charge < -0.3 is 10.1 Å². The number of carbonyl (C=O) groups excluding carboxylic acids is 1. The molecule has 2 aromatic carbocycles. The fourth-order valence-corrected chi connectivity index (χ4v) is 3.20. The maximum absolute atomic E-state index is 12.0. The van der Waals surface area contributed by atoms with E-state index in [-0.39, 0.29) is 12.5 Å². The lowest BCUT2D eigenvalue weighted by molar-refractivity contribution is -0.118. The van der Waals surface area contributed by atoms with Gasteiger partial charge in [-0.3, -0.25) is 4.79 Å². The molecule has 0 unspecified atom stereocenters. The summed E-state index contributed by atoms with van der Waals surface area (Å²) in [5, 5.41) is 16.4. The van der Waals surface area contributed by atoms with Gasteiger partial charge in [-0.2, -0.15) is 9.61 Å². The monoisotopic (exact) mass is 385 g/mol. The Hall–Kier alpha value is -2.97. The summed E-state index contributed by atoms with van der Waals surface area (Å²) >= 11 is 7.25. The second-order valence-corrected chi connectivity index (χ2v) is 6.73. The summed E-state index contributed by atoms with van der Waals surface area (Å²) in [5.74, 6) is 0.342. The number of carbonyl (C=O) groups is 1. The molecule has 1 N–H and O–H groups in total. The van der Waals surface area contributed by atoms with Crippen molar-refractivity contribution in [3.63, 3.8) is 0 Å². The molecule has 0 fully saturated rings. The molecule has 2 heterocycles. The van der Waals surface area contributed by atoms with Crippen LogP contribution in [-0.2, 0) is 4.79 Å². The fourth-order valence-electron chi connectivity index (χ4n) is 2.25. The minimum absolute atomic E-state index is 0.0833. The minimum Gasteiger partial charge on any atom is -0.484 e. The van der Waals surface area contributed by atoms with Crippen LogP contribution in [0.25, 0.3) is 15.5 Å². The molecule has 7 nitrogen and oxygen atoms in total. The van der Waals surface area contributed by atoms with Crippen LogP contribution in [0.2, 0.25) is 5.02 Å².